The number of thiazole rings is 1. The third-order valence-electron chi connectivity index (χ3n) is 2.51. The van der Waals surface area contributed by atoms with E-state index >= 15 is 0 Å². The summed E-state index contributed by atoms with van der Waals surface area (Å²) in [7, 11) is 1.91. The summed E-state index contributed by atoms with van der Waals surface area (Å²) >= 11 is 7.82. The molecule has 90 valence electrons. The van der Waals surface area contributed by atoms with E-state index in [1.165, 1.54) is 0 Å². The lowest BCUT2D eigenvalue weighted by atomic mass is 10.1. The number of likely N-dealkylation sites (N-methyl/N-ethyl adjacent to an activating group) is 1. The molecule has 0 spiro atoms. The van der Waals surface area contributed by atoms with Gasteiger partial charge in [-0.2, -0.15) is 0 Å². The maximum Gasteiger partial charge on any atom is 0.0947 e. The summed E-state index contributed by atoms with van der Waals surface area (Å²) in [6.07, 6.45) is 2.57. The van der Waals surface area contributed by atoms with Crippen molar-refractivity contribution < 1.29 is 0 Å². The summed E-state index contributed by atoms with van der Waals surface area (Å²) in [6, 6.07) is 3.81. The Morgan fingerprint density at radius 2 is 2.35 bits per heavy atom. The molecule has 0 aromatic carbocycles. The maximum atomic E-state index is 6.15. The third-order valence-corrected chi connectivity index (χ3v) is 3.82. The van der Waals surface area contributed by atoms with Crippen LogP contribution in [0, 0.1) is 6.92 Å². The van der Waals surface area contributed by atoms with Gasteiger partial charge in [0.2, 0.25) is 0 Å². The molecule has 2 aromatic heterocycles. The second kappa shape index (κ2) is 5.58. The molecule has 0 saturated carbocycles. The Labute approximate surface area is 110 Å². The number of nitrogens with zero attached hydrogens (tertiary/aromatic N) is 2. The van der Waals surface area contributed by atoms with E-state index < -0.39 is 0 Å². The van der Waals surface area contributed by atoms with Crippen LogP contribution >= 0.6 is 22.9 Å². The first kappa shape index (κ1) is 12.5. The van der Waals surface area contributed by atoms with Crippen molar-refractivity contribution in [2.45, 2.75) is 19.4 Å². The molecule has 0 aliphatic heterocycles. The van der Waals surface area contributed by atoms with Crippen LogP contribution in [0.4, 0.5) is 0 Å². The quantitative estimate of drug-likeness (QED) is 0.925. The second-order valence-electron chi connectivity index (χ2n) is 3.80. The molecule has 0 fully saturated rings. The fourth-order valence-corrected chi connectivity index (χ4v) is 2.73. The van der Waals surface area contributed by atoms with Crippen LogP contribution in [0.1, 0.15) is 22.4 Å². The molecular weight excluding hydrogens is 254 g/mol. The molecule has 1 N–H and O–H groups in total. The lowest BCUT2D eigenvalue weighted by Crippen LogP contribution is -2.20. The van der Waals surface area contributed by atoms with Gasteiger partial charge >= 0.3 is 0 Å². The molecule has 17 heavy (non-hydrogen) atoms. The van der Waals surface area contributed by atoms with E-state index in [-0.39, 0.29) is 6.04 Å². The van der Waals surface area contributed by atoms with E-state index in [1.807, 2.05) is 26.1 Å². The minimum Gasteiger partial charge on any atom is -0.311 e. The summed E-state index contributed by atoms with van der Waals surface area (Å²) in [4.78, 5) is 8.80. The largest absolute Gasteiger partial charge is 0.311 e. The summed E-state index contributed by atoms with van der Waals surface area (Å²) in [5.74, 6) is 0. The van der Waals surface area contributed by atoms with E-state index in [0.29, 0.717) is 5.02 Å². The molecule has 0 aliphatic carbocycles. The number of nitrogens with one attached hydrogen (secondary N) is 1. The van der Waals surface area contributed by atoms with Gasteiger partial charge in [0.25, 0.3) is 0 Å². The van der Waals surface area contributed by atoms with Crippen LogP contribution in [0.3, 0.4) is 0 Å². The van der Waals surface area contributed by atoms with Crippen LogP contribution in [-0.4, -0.2) is 17.0 Å². The summed E-state index contributed by atoms with van der Waals surface area (Å²) in [5.41, 5.74) is 1.94. The Morgan fingerprint density at radius 1 is 1.53 bits per heavy atom. The van der Waals surface area contributed by atoms with Gasteiger partial charge in [0, 0.05) is 23.7 Å². The molecule has 5 heteroatoms. The van der Waals surface area contributed by atoms with E-state index in [2.05, 4.69) is 20.7 Å². The van der Waals surface area contributed by atoms with Gasteiger partial charge in [-0.05, 0) is 26.1 Å². The molecular formula is C12H14ClN3S. The van der Waals surface area contributed by atoms with E-state index in [9.17, 15) is 0 Å². The summed E-state index contributed by atoms with van der Waals surface area (Å²) in [6.45, 7) is 2.00. The van der Waals surface area contributed by atoms with Crippen LogP contribution in [0.25, 0.3) is 0 Å². The lowest BCUT2D eigenvalue weighted by Gasteiger charge is -2.15. The highest BCUT2D eigenvalue weighted by Gasteiger charge is 2.16. The highest BCUT2D eigenvalue weighted by Crippen LogP contribution is 2.24. The number of rotatable bonds is 4. The topological polar surface area (TPSA) is 37.8 Å². The molecule has 3 nitrogen and oxygen atoms in total. The number of halogens is 1. The van der Waals surface area contributed by atoms with Crippen molar-refractivity contribution in [1.29, 1.82) is 0 Å². The first-order chi connectivity index (χ1) is 8.20. The van der Waals surface area contributed by atoms with E-state index in [4.69, 9.17) is 11.6 Å². The van der Waals surface area contributed by atoms with Crippen LogP contribution in [-0.2, 0) is 6.42 Å². The maximum absolute atomic E-state index is 6.15. The van der Waals surface area contributed by atoms with Gasteiger partial charge in [-0.1, -0.05) is 11.6 Å². The van der Waals surface area contributed by atoms with Gasteiger partial charge in [-0.3, -0.25) is 4.98 Å². The average Bonchev–Trinajstić information content (AvgIpc) is 2.73. The molecule has 0 saturated heterocycles. The SMILES string of the molecule is CNC(Cc1nc(C)cs1)c1ncccc1Cl. The van der Waals surface area contributed by atoms with Gasteiger partial charge in [-0.25, -0.2) is 4.98 Å². The van der Waals surface area contributed by atoms with Crippen molar-refractivity contribution in [2.24, 2.45) is 0 Å². The molecule has 2 aromatic rings. The molecule has 2 rings (SSSR count). The number of hydrogen-bond acceptors (Lipinski definition) is 4. The van der Waals surface area contributed by atoms with Crippen LogP contribution in [0.2, 0.25) is 5.02 Å². The number of aryl methyl sites for hydroxylation is 1. The zero-order valence-corrected chi connectivity index (χ0v) is 11.3. The van der Waals surface area contributed by atoms with Crippen molar-refractivity contribution in [2.75, 3.05) is 7.05 Å². The zero-order valence-electron chi connectivity index (χ0n) is 9.77. The monoisotopic (exact) mass is 267 g/mol. The first-order valence-electron chi connectivity index (χ1n) is 5.39. The first-order valence-corrected chi connectivity index (χ1v) is 6.65. The van der Waals surface area contributed by atoms with Crippen molar-refractivity contribution >= 4 is 22.9 Å². The Bertz CT molecular complexity index is 498. The molecule has 1 atom stereocenters. The Morgan fingerprint density at radius 3 is 2.94 bits per heavy atom. The number of hydrogen-bond donors (Lipinski definition) is 1. The predicted molar refractivity (Wildman–Crippen MR) is 71.6 cm³/mol. The smallest absolute Gasteiger partial charge is 0.0947 e. The van der Waals surface area contributed by atoms with Gasteiger partial charge in [0.15, 0.2) is 0 Å². The second-order valence-corrected chi connectivity index (χ2v) is 5.15. The zero-order chi connectivity index (χ0) is 12.3. The summed E-state index contributed by atoms with van der Waals surface area (Å²) in [5, 5.41) is 7.09. The lowest BCUT2D eigenvalue weighted by molar-refractivity contribution is 0.574. The van der Waals surface area contributed by atoms with Crippen LogP contribution in [0.15, 0.2) is 23.7 Å². The van der Waals surface area contributed by atoms with Gasteiger partial charge in [0.1, 0.15) is 0 Å². The van der Waals surface area contributed by atoms with Gasteiger partial charge in [-0.15, -0.1) is 11.3 Å². The minimum atomic E-state index is 0.106. The summed E-state index contributed by atoms with van der Waals surface area (Å²) < 4.78 is 0. The standard InChI is InChI=1S/C12H14ClN3S/c1-8-7-17-11(16-8)6-10(14-2)12-9(13)4-3-5-15-12/h3-5,7,10,14H,6H2,1-2H3. The Kier molecular flexibility index (Phi) is 4.10. The number of pyridine rings is 1. The fourth-order valence-electron chi connectivity index (χ4n) is 1.66. The normalized spacial score (nSPS) is 12.6. The third kappa shape index (κ3) is 3.03. The predicted octanol–water partition coefficient (Wildman–Crippen LogP) is 3.00. The highest BCUT2D eigenvalue weighted by molar-refractivity contribution is 7.09. The fraction of sp³-hybridized carbons (Fsp3) is 0.333. The highest BCUT2D eigenvalue weighted by atomic mass is 35.5. The Balaban J connectivity index is 2.20. The van der Waals surface area contributed by atoms with Crippen LogP contribution in [0.5, 0.6) is 0 Å². The molecule has 2 heterocycles. The van der Waals surface area contributed by atoms with Gasteiger partial charge in [0.05, 0.1) is 21.8 Å². The molecule has 0 aliphatic rings. The van der Waals surface area contributed by atoms with Gasteiger partial charge < -0.3 is 5.32 Å². The van der Waals surface area contributed by atoms with Crippen molar-refractivity contribution in [3.8, 4) is 0 Å². The molecule has 0 radical (unpaired) electrons. The van der Waals surface area contributed by atoms with Crippen molar-refractivity contribution in [3.63, 3.8) is 0 Å². The van der Waals surface area contributed by atoms with Crippen LogP contribution < -0.4 is 5.32 Å². The average molecular weight is 268 g/mol. The Hall–Kier alpha value is -0.970. The van der Waals surface area contributed by atoms with Crippen molar-refractivity contribution in [1.82, 2.24) is 15.3 Å². The molecule has 1 unspecified atom stereocenters. The molecule has 0 bridgehead atoms. The molecule has 0 amide bonds. The number of aromatic nitrogens is 2. The minimum absolute atomic E-state index is 0.106. The van der Waals surface area contributed by atoms with E-state index in [0.717, 1.165) is 22.8 Å². The van der Waals surface area contributed by atoms with E-state index in [1.54, 1.807) is 17.5 Å². The van der Waals surface area contributed by atoms with Crippen molar-refractivity contribution in [3.05, 3.63) is 45.1 Å².